The largest absolute Gasteiger partial charge is 0.365 e. The maximum absolute atomic E-state index is 12.0. The Labute approximate surface area is 117 Å². The molecule has 1 aliphatic rings. The van der Waals surface area contributed by atoms with Crippen molar-refractivity contribution in [2.75, 3.05) is 18.8 Å². The van der Waals surface area contributed by atoms with Crippen LogP contribution in [0, 0.1) is 11.8 Å². The molecule has 1 aliphatic carbocycles. The van der Waals surface area contributed by atoms with Crippen LogP contribution in [0.25, 0.3) is 0 Å². The normalized spacial score (nSPS) is 21.9. The van der Waals surface area contributed by atoms with Crippen LogP contribution in [0.4, 0.5) is 5.95 Å². The van der Waals surface area contributed by atoms with Crippen LogP contribution >= 0.6 is 12.4 Å². The van der Waals surface area contributed by atoms with E-state index in [9.17, 15) is 4.79 Å². The van der Waals surface area contributed by atoms with E-state index in [2.05, 4.69) is 15.5 Å². The number of aromatic nitrogens is 2. The number of nitrogens with one attached hydrogen (secondary N) is 1. The summed E-state index contributed by atoms with van der Waals surface area (Å²) in [6.07, 6.45) is 3.56. The Morgan fingerprint density at radius 2 is 2.26 bits per heavy atom. The van der Waals surface area contributed by atoms with Crippen molar-refractivity contribution in [3.8, 4) is 0 Å². The van der Waals surface area contributed by atoms with E-state index in [0.29, 0.717) is 31.3 Å². The third-order valence-corrected chi connectivity index (χ3v) is 3.42. The summed E-state index contributed by atoms with van der Waals surface area (Å²) >= 11 is 0. The molecule has 0 saturated heterocycles. The van der Waals surface area contributed by atoms with Gasteiger partial charge in [-0.3, -0.25) is 4.79 Å². The van der Waals surface area contributed by atoms with E-state index >= 15 is 0 Å². The van der Waals surface area contributed by atoms with Gasteiger partial charge >= 0.3 is 0 Å². The molecule has 0 radical (unpaired) electrons. The fourth-order valence-corrected chi connectivity index (χ4v) is 2.46. The van der Waals surface area contributed by atoms with Crippen molar-refractivity contribution in [3.05, 3.63) is 5.89 Å². The molecule has 1 aromatic rings. The van der Waals surface area contributed by atoms with Gasteiger partial charge in [-0.25, -0.2) is 0 Å². The maximum atomic E-state index is 12.0. The Hall–Kier alpha value is -1.34. The summed E-state index contributed by atoms with van der Waals surface area (Å²) in [7, 11) is 0. The first-order valence-electron chi connectivity index (χ1n) is 6.26. The highest BCUT2D eigenvalue weighted by atomic mass is 35.5. The molecule has 7 nitrogen and oxygen atoms in total. The first-order valence-corrected chi connectivity index (χ1v) is 6.26. The molecule has 19 heavy (non-hydrogen) atoms. The van der Waals surface area contributed by atoms with Crippen LogP contribution in [0.3, 0.4) is 0 Å². The smallest absolute Gasteiger partial charge is 0.260 e. The van der Waals surface area contributed by atoms with Crippen LogP contribution in [-0.2, 0) is 11.2 Å². The number of rotatable bonds is 5. The van der Waals surface area contributed by atoms with Crippen LogP contribution in [0.1, 0.15) is 25.2 Å². The van der Waals surface area contributed by atoms with E-state index in [4.69, 9.17) is 16.0 Å². The SMILES string of the molecule is Cl.NC[C@H]1CCC[C@H]1C(=O)NCCc1nc(N)no1. The minimum Gasteiger partial charge on any atom is -0.365 e. The van der Waals surface area contributed by atoms with Gasteiger partial charge in [0.15, 0.2) is 0 Å². The number of carbonyl (C=O) groups is 1. The third-order valence-electron chi connectivity index (χ3n) is 3.42. The molecule has 1 fully saturated rings. The topological polar surface area (TPSA) is 120 Å². The minimum absolute atomic E-state index is 0. The summed E-state index contributed by atoms with van der Waals surface area (Å²) in [6.45, 7) is 1.06. The van der Waals surface area contributed by atoms with Gasteiger partial charge in [0.2, 0.25) is 11.8 Å². The number of hydrogen-bond acceptors (Lipinski definition) is 6. The molecule has 0 aromatic carbocycles. The number of nitrogens with two attached hydrogens (primary N) is 2. The highest BCUT2D eigenvalue weighted by Crippen LogP contribution is 2.30. The number of hydrogen-bond donors (Lipinski definition) is 3. The molecular weight excluding hydrogens is 270 g/mol. The first kappa shape index (κ1) is 15.7. The van der Waals surface area contributed by atoms with Gasteiger partial charge in [-0.2, -0.15) is 4.98 Å². The van der Waals surface area contributed by atoms with Crippen molar-refractivity contribution in [3.63, 3.8) is 0 Å². The highest BCUT2D eigenvalue weighted by Gasteiger charge is 2.31. The Kier molecular flexibility index (Phi) is 6.04. The van der Waals surface area contributed by atoms with Crippen molar-refractivity contribution < 1.29 is 9.32 Å². The minimum atomic E-state index is 0. The van der Waals surface area contributed by atoms with E-state index in [1.807, 2.05) is 0 Å². The molecule has 2 rings (SSSR count). The lowest BCUT2D eigenvalue weighted by atomic mass is 9.95. The molecule has 0 bridgehead atoms. The number of halogens is 1. The average molecular weight is 290 g/mol. The molecule has 5 N–H and O–H groups in total. The van der Waals surface area contributed by atoms with Crippen molar-refractivity contribution in [2.45, 2.75) is 25.7 Å². The van der Waals surface area contributed by atoms with E-state index in [0.717, 1.165) is 19.3 Å². The van der Waals surface area contributed by atoms with Crippen molar-refractivity contribution in [1.82, 2.24) is 15.5 Å². The van der Waals surface area contributed by atoms with E-state index in [-0.39, 0.29) is 30.2 Å². The molecule has 1 aromatic heterocycles. The summed E-state index contributed by atoms with van der Waals surface area (Å²) in [4.78, 5) is 15.8. The molecule has 0 spiro atoms. The van der Waals surface area contributed by atoms with Gasteiger partial charge < -0.3 is 21.3 Å². The summed E-state index contributed by atoms with van der Waals surface area (Å²) in [5.41, 5.74) is 11.0. The molecule has 1 saturated carbocycles. The molecule has 108 valence electrons. The van der Waals surface area contributed by atoms with Crippen LogP contribution in [0.15, 0.2) is 4.52 Å². The number of nitrogens with zero attached hydrogens (tertiary/aromatic N) is 2. The zero-order chi connectivity index (χ0) is 13.0. The molecule has 1 amide bonds. The van der Waals surface area contributed by atoms with Gasteiger partial charge in [0.1, 0.15) is 0 Å². The van der Waals surface area contributed by atoms with Crippen LogP contribution < -0.4 is 16.8 Å². The summed E-state index contributed by atoms with van der Waals surface area (Å²) in [5, 5.41) is 6.36. The Morgan fingerprint density at radius 3 is 2.89 bits per heavy atom. The molecule has 8 heteroatoms. The molecular formula is C11H20ClN5O2. The fraction of sp³-hybridized carbons (Fsp3) is 0.727. The second-order valence-electron chi connectivity index (χ2n) is 4.62. The number of anilines is 1. The van der Waals surface area contributed by atoms with Crippen LogP contribution in [0.2, 0.25) is 0 Å². The first-order chi connectivity index (χ1) is 8.70. The average Bonchev–Trinajstić information content (AvgIpc) is 2.97. The van der Waals surface area contributed by atoms with Crippen molar-refractivity contribution in [1.29, 1.82) is 0 Å². The zero-order valence-corrected chi connectivity index (χ0v) is 11.5. The lowest BCUT2D eigenvalue weighted by Crippen LogP contribution is -2.36. The van der Waals surface area contributed by atoms with Crippen molar-refractivity contribution in [2.24, 2.45) is 17.6 Å². The van der Waals surface area contributed by atoms with Gasteiger partial charge in [0, 0.05) is 18.9 Å². The van der Waals surface area contributed by atoms with E-state index < -0.39 is 0 Å². The second kappa shape index (κ2) is 7.30. The molecule has 0 unspecified atom stereocenters. The lowest BCUT2D eigenvalue weighted by molar-refractivity contribution is -0.125. The summed E-state index contributed by atoms with van der Waals surface area (Å²) < 4.78 is 4.86. The molecule has 2 atom stereocenters. The second-order valence-corrected chi connectivity index (χ2v) is 4.62. The third kappa shape index (κ3) is 4.07. The van der Waals surface area contributed by atoms with Gasteiger partial charge in [0.25, 0.3) is 5.95 Å². The monoisotopic (exact) mass is 289 g/mol. The summed E-state index contributed by atoms with van der Waals surface area (Å²) in [6, 6.07) is 0. The highest BCUT2D eigenvalue weighted by molar-refractivity contribution is 5.85. The fourth-order valence-electron chi connectivity index (χ4n) is 2.46. The van der Waals surface area contributed by atoms with Gasteiger partial charge in [-0.15, -0.1) is 12.4 Å². The Bertz CT molecular complexity index is 412. The van der Waals surface area contributed by atoms with Crippen LogP contribution in [0.5, 0.6) is 0 Å². The van der Waals surface area contributed by atoms with Gasteiger partial charge in [-0.05, 0) is 30.5 Å². The van der Waals surface area contributed by atoms with Gasteiger partial charge in [0.05, 0.1) is 0 Å². The van der Waals surface area contributed by atoms with Crippen molar-refractivity contribution >= 4 is 24.3 Å². The number of nitrogen functional groups attached to an aromatic ring is 1. The quantitative estimate of drug-likeness (QED) is 0.707. The van der Waals surface area contributed by atoms with E-state index in [1.165, 1.54) is 0 Å². The predicted molar refractivity (Wildman–Crippen MR) is 72.6 cm³/mol. The Morgan fingerprint density at radius 1 is 1.47 bits per heavy atom. The maximum Gasteiger partial charge on any atom is 0.260 e. The molecule has 0 aliphatic heterocycles. The standard InChI is InChI=1S/C11H19N5O2.ClH/c12-6-7-2-1-3-8(7)10(17)14-5-4-9-15-11(13)16-18-9;/h7-8H,1-6,12H2,(H2,13,16)(H,14,17);1H/t7-,8-;/m1./s1. The number of amides is 1. The summed E-state index contributed by atoms with van der Waals surface area (Å²) in [5.74, 6) is 1.02. The van der Waals surface area contributed by atoms with Gasteiger partial charge in [-0.1, -0.05) is 6.42 Å². The number of carbonyl (C=O) groups excluding carboxylic acids is 1. The predicted octanol–water partition coefficient (Wildman–Crippen LogP) is 0.107. The van der Waals surface area contributed by atoms with Crippen LogP contribution in [-0.4, -0.2) is 29.1 Å². The Balaban J connectivity index is 0.00000180. The zero-order valence-electron chi connectivity index (χ0n) is 10.7. The van der Waals surface area contributed by atoms with E-state index in [1.54, 1.807) is 0 Å². The lowest BCUT2D eigenvalue weighted by Gasteiger charge is -2.16. The molecule has 1 heterocycles.